The van der Waals surface area contributed by atoms with E-state index in [4.69, 9.17) is 0 Å². The Balaban J connectivity index is 2.08. The Bertz CT molecular complexity index is 469. The molecule has 19 heavy (non-hydrogen) atoms. The number of anilines is 1. The number of likely N-dealkylation sites (tertiary alicyclic amines) is 1. The van der Waals surface area contributed by atoms with Crippen LogP contribution in [0.5, 0.6) is 0 Å². The zero-order valence-corrected chi connectivity index (χ0v) is 12.4. The number of hydrogen-bond donors (Lipinski definition) is 1. The Morgan fingerprint density at radius 3 is 3.05 bits per heavy atom. The van der Waals surface area contributed by atoms with Gasteiger partial charge in [-0.25, -0.2) is 0 Å². The van der Waals surface area contributed by atoms with Crippen molar-refractivity contribution in [1.82, 2.24) is 9.88 Å². The van der Waals surface area contributed by atoms with Crippen molar-refractivity contribution in [3.05, 3.63) is 27.0 Å². The molecular formula is C12H17BrN4O2. The molecule has 1 N–H and O–H groups in total. The first-order chi connectivity index (χ1) is 9.09. The Labute approximate surface area is 120 Å². The Kier molecular flexibility index (Phi) is 4.71. The van der Waals surface area contributed by atoms with E-state index in [9.17, 15) is 10.1 Å². The van der Waals surface area contributed by atoms with Crippen LogP contribution in [0.15, 0.2) is 16.9 Å². The number of likely N-dealkylation sites (N-methyl/N-ethyl adjacent to an activating group) is 1. The van der Waals surface area contributed by atoms with E-state index in [0.717, 1.165) is 13.0 Å². The maximum Gasteiger partial charge on any atom is 0.311 e. The number of halogens is 1. The number of nitrogens with one attached hydrogen (secondary N) is 1. The minimum Gasteiger partial charge on any atom is -0.377 e. The van der Waals surface area contributed by atoms with Crippen LogP contribution in [0, 0.1) is 10.1 Å². The molecule has 0 aromatic carbocycles. The number of piperidine rings is 1. The molecule has 0 spiro atoms. The van der Waals surface area contributed by atoms with Crippen LogP contribution in [-0.4, -0.2) is 41.0 Å². The first kappa shape index (κ1) is 14.2. The molecule has 1 aliphatic rings. The number of aromatic nitrogens is 1. The van der Waals surface area contributed by atoms with Crippen molar-refractivity contribution >= 4 is 27.3 Å². The van der Waals surface area contributed by atoms with Crippen molar-refractivity contribution < 1.29 is 4.92 Å². The van der Waals surface area contributed by atoms with Gasteiger partial charge in [0.2, 0.25) is 0 Å². The molecular weight excluding hydrogens is 312 g/mol. The highest BCUT2D eigenvalue weighted by atomic mass is 79.9. The summed E-state index contributed by atoms with van der Waals surface area (Å²) >= 11 is 3.31. The van der Waals surface area contributed by atoms with Gasteiger partial charge in [0.15, 0.2) is 0 Å². The van der Waals surface area contributed by atoms with Gasteiger partial charge in [0.05, 0.1) is 9.40 Å². The molecule has 2 heterocycles. The van der Waals surface area contributed by atoms with E-state index in [-0.39, 0.29) is 5.69 Å². The molecule has 0 saturated carbocycles. The fourth-order valence-electron chi connectivity index (χ4n) is 2.36. The molecule has 0 amide bonds. The maximum atomic E-state index is 11.0. The third-order valence-electron chi connectivity index (χ3n) is 3.51. The summed E-state index contributed by atoms with van der Waals surface area (Å²) in [7, 11) is 2.10. The number of nitro groups is 1. The van der Waals surface area contributed by atoms with Crippen molar-refractivity contribution in [2.45, 2.75) is 25.3 Å². The second-order valence-electron chi connectivity index (χ2n) is 4.78. The molecule has 104 valence electrons. The average molecular weight is 329 g/mol. The molecule has 7 heteroatoms. The SMILES string of the molecule is CN1CCCCC1CNc1c(Br)cncc1[N+](=O)[O-]. The predicted octanol–water partition coefficient (Wildman–Crippen LogP) is 2.65. The van der Waals surface area contributed by atoms with E-state index in [1.807, 2.05) is 0 Å². The lowest BCUT2D eigenvalue weighted by atomic mass is 10.0. The van der Waals surface area contributed by atoms with Crippen LogP contribution in [-0.2, 0) is 0 Å². The highest BCUT2D eigenvalue weighted by Crippen LogP contribution is 2.31. The molecule has 2 rings (SSSR count). The third-order valence-corrected chi connectivity index (χ3v) is 4.11. The van der Waals surface area contributed by atoms with Crippen LogP contribution in [0.2, 0.25) is 0 Å². The van der Waals surface area contributed by atoms with Gasteiger partial charge in [-0.1, -0.05) is 6.42 Å². The van der Waals surface area contributed by atoms with Gasteiger partial charge in [-0.3, -0.25) is 15.1 Å². The van der Waals surface area contributed by atoms with E-state index in [1.54, 1.807) is 6.20 Å². The van der Waals surface area contributed by atoms with Gasteiger partial charge in [0, 0.05) is 18.8 Å². The molecule has 1 aromatic heterocycles. The van der Waals surface area contributed by atoms with Crippen LogP contribution in [0.25, 0.3) is 0 Å². The molecule has 0 aliphatic carbocycles. The van der Waals surface area contributed by atoms with Gasteiger partial charge < -0.3 is 10.2 Å². The standard InChI is InChI=1S/C12H17BrN4O2/c1-16-5-3-2-4-9(16)6-15-12-10(13)7-14-8-11(12)17(18)19/h7-9H,2-6H2,1H3,(H,14,15). The van der Waals surface area contributed by atoms with E-state index >= 15 is 0 Å². The fourth-order valence-corrected chi connectivity index (χ4v) is 2.82. The molecule has 1 atom stereocenters. The van der Waals surface area contributed by atoms with Crippen LogP contribution in [0.4, 0.5) is 11.4 Å². The minimum absolute atomic E-state index is 0.00726. The first-order valence-corrected chi connectivity index (χ1v) is 7.11. The van der Waals surface area contributed by atoms with E-state index < -0.39 is 4.92 Å². The third kappa shape index (κ3) is 3.42. The summed E-state index contributed by atoms with van der Waals surface area (Å²) in [6.07, 6.45) is 6.42. The summed E-state index contributed by atoms with van der Waals surface area (Å²) < 4.78 is 0.625. The molecule has 1 aromatic rings. The monoisotopic (exact) mass is 328 g/mol. The van der Waals surface area contributed by atoms with E-state index in [1.165, 1.54) is 19.0 Å². The Morgan fingerprint density at radius 2 is 2.37 bits per heavy atom. The van der Waals surface area contributed by atoms with Crippen molar-refractivity contribution in [2.75, 3.05) is 25.5 Å². The number of hydrogen-bond acceptors (Lipinski definition) is 5. The predicted molar refractivity (Wildman–Crippen MR) is 77.4 cm³/mol. The van der Waals surface area contributed by atoms with Gasteiger partial charge in [-0.15, -0.1) is 0 Å². The number of rotatable bonds is 4. The lowest BCUT2D eigenvalue weighted by molar-refractivity contribution is -0.384. The van der Waals surface area contributed by atoms with Crippen LogP contribution < -0.4 is 5.32 Å². The number of pyridine rings is 1. The Hall–Kier alpha value is -1.21. The topological polar surface area (TPSA) is 71.3 Å². The van der Waals surface area contributed by atoms with Crippen LogP contribution in [0.3, 0.4) is 0 Å². The van der Waals surface area contributed by atoms with Crippen molar-refractivity contribution in [3.63, 3.8) is 0 Å². The van der Waals surface area contributed by atoms with Gasteiger partial charge in [-0.2, -0.15) is 0 Å². The van der Waals surface area contributed by atoms with Crippen LogP contribution >= 0.6 is 15.9 Å². The molecule has 0 bridgehead atoms. The van der Waals surface area contributed by atoms with Gasteiger partial charge >= 0.3 is 5.69 Å². The largest absolute Gasteiger partial charge is 0.377 e. The zero-order valence-electron chi connectivity index (χ0n) is 10.8. The summed E-state index contributed by atoms with van der Waals surface area (Å²) in [4.78, 5) is 16.7. The van der Waals surface area contributed by atoms with Crippen LogP contribution in [0.1, 0.15) is 19.3 Å². The van der Waals surface area contributed by atoms with Gasteiger partial charge in [-0.05, 0) is 42.4 Å². The lowest BCUT2D eigenvalue weighted by Crippen LogP contribution is -2.40. The number of nitrogens with zero attached hydrogens (tertiary/aromatic N) is 3. The summed E-state index contributed by atoms with van der Waals surface area (Å²) in [6.45, 7) is 1.80. The van der Waals surface area contributed by atoms with Crippen molar-refractivity contribution in [1.29, 1.82) is 0 Å². The Morgan fingerprint density at radius 1 is 1.58 bits per heavy atom. The fraction of sp³-hybridized carbons (Fsp3) is 0.583. The minimum atomic E-state index is -0.412. The summed E-state index contributed by atoms with van der Waals surface area (Å²) in [5.74, 6) is 0. The highest BCUT2D eigenvalue weighted by molar-refractivity contribution is 9.10. The second-order valence-corrected chi connectivity index (χ2v) is 5.64. The second kappa shape index (κ2) is 6.29. The van der Waals surface area contributed by atoms with Crippen molar-refractivity contribution in [3.8, 4) is 0 Å². The molecule has 6 nitrogen and oxygen atoms in total. The van der Waals surface area contributed by atoms with Crippen molar-refractivity contribution in [2.24, 2.45) is 0 Å². The molecule has 1 aliphatic heterocycles. The van der Waals surface area contributed by atoms with Gasteiger partial charge in [0.25, 0.3) is 0 Å². The molecule has 1 unspecified atom stereocenters. The highest BCUT2D eigenvalue weighted by Gasteiger charge is 2.22. The smallest absolute Gasteiger partial charge is 0.311 e. The zero-order chi connectivity index (χ0) is 13.8. The quantitative estimate of drug-likeness (QED) is 0.679. The average Bonchev–Trinajstić information content (AvgIpc) is 2.38. The van der Waals surface area contributed by atoms with E-state index in [2.05, 4.69) is 38.2 Å². The maximum absolute atomic E-state index is 11.0. The summed E-state index contributed by atoms with van der Waals surface area (Å²) in [5.41, 5.74) is 0.520. The summed E-state index contributed by atoms with van der Waals surface area (Å²) in [6, 6.07) is 0.424. The molecule has 0 radical (unpaired) electrons. The molecule has 1 saturated heterocycles. The molecule has 1 fully saturated rings. The normalized spacial score (nSPS) is 20.2. The first-order valence-electron chi connectivity index (χ1n) is 6.31. The summed E-state index contributed by atoms with van der Waals surface area (Å²) in [5, 5.41) is 14.2. The van der Waals surface area contributed by atoms with Gasteiger partial charge in [0.1, 0.15) is 11.9 Å². The lowest BCUT2D eigenvalue weighted by Gasteiger charge is -2.32. The van der Waals surface area contributed by atoms with E-state index in [0.29, 0.717) is 22.7 Å².